The molecule has 2 aliphatic heterocycles. The van der Waals surface area contributed by atoms with E-state index in [4.69, 9.17) is 0 Å². The smallest absolute Gasteiger partial charge is 0.255 e. The fraction of sp³-hybridized carbons (Fsp3) is 0.500. The number of carbonyl (C=O) groups excluding carboxylic acids is 3. The Morgan fingerprint density at radius 3 is 2.84 bits per heavy atom. The van der Waals surface area contributed by atoms with E-state index < -0.39 is 6.04 Å². The van der Waals surface area contributed by atoms with Crippen LogP contribution in [0, 0.1) is 0 Å². The lowest BCUT2D eigenvalue weighted by molar-refractivity contribution is -0.136. The van der Waals surface area contributed by atoms with Crippen molar-refractivity contribution in [2.24, 2.45) is 0 Å². The number of imide groups is 1. The molecule has 1 saturated heterocycles. The molecule has 3 N–H and O–H groups in total. The van der Waals surface area contributed by atoms with Gasteiger partial charge in [-0.15, -0.1) is 0 Å². The molecule has 2 atom stereocenters. The topological polar surface area (TPSA) is 90.5 Å². The maximum absolute atomic E-state index is 12.7. The Kier molecular flexibility index (Phi) is 5.15. The highest BCUT2D eigenvalue weighted by Crippen LogP contribution is 2.28. The highest BCUT2D eigenvalue weighted by atomic mass is 16.2. The second kappa shape index (κ2) is 7.33. The fourth-order valence-corrected chi connectivity index (χ4v) is 3.25. The largest absolute Gasteiger partial charge is 0.322 e. The molecule has 1 aromatic carbocycles. The number of hydrogen-bond donors (Lipinski definition) is 3. The van der Waals surface area contributed by atoms with Gasteiger partial charge in [0.1, 0.15) is 6.04 Å². The van der Waals surface area contributed by atoms with Gasteiger partial charge in [-0.1, -0.05) is 12.1 Å². The Morgan fingerprint density at radius 1 is 1.32 bits per heavy atom. The summed E-state index contributed by atoms with van der Waals surface area (Å²) in [5.41, 5.74) is 2.63. The number of likely N-dealkylation sites (N-methyl/N-ethyl adjacent to an activating group) is 1. The van der Waals surface area contributed by atoms with E-state index in [0.29, 0.717) is 31.1 Å². The number of carbonyl (C=O) groups is 3. The predicted octanol–water partition coefficient (Wildman–Crippen LogP) is 0.145. The van der Waals surface area contributed by atoms with Crippen LogP contribution in [-0.4, -0.2) is 48.3 Å². The molecule has 0 radical (unpaired) electrons. The molecule has 3 amide bonds. The van der Waals surface area contributed by atoms with Crippen molar-refractivity contribution in [1.82, 2.24) is 20.9 Å². The number of piperidine rings is 1. The molecular formula is C18H24N4O3. The quantitative estimate of drug-likeness (QED) is 0.639. The molecule has 3 rings (SSSR count). The Labute approximate surface area is 147 Å². The van der Waals surface area contributed by atoms with Crippen LogP contribution in [0.25, 0.3) is 0 Å². The monoisotopic (exact) mass is 344 g/mol. The van der Waals surface area contributed by atoms with Gasteiger partial charge >= 0.3 is 0 Å². The summed E-state index contributed by atoms with van der Waals surface area (Å²) in [4.78, 5) is 37.7. The van der Waals surface area contributed by atoms with Crippen molar-refractivity contribution in [2.45, 2.75) is 44.9 Å². The summed E-state index contributed by atoms with van der Waals surface area (Å²) in [5, 5.41) is 8.84. The second-order valence-electron chi connectivity index (χ2n) is 6.71. The molecule has 0 saturated carbocycles. The zero-order valence-corrected chi connectivity index (χ0v) is 14.6. The zero-order valence-electron chi connectivity index (χ0n) is 14.6. The van der Waals surface area contributed by atoms with Crippen molar-refractivity contribution in [3.05, 3.63) is 34.9 Å². The van der Waals surface area contributed by atoms with Crippen LogP contribution < -0.4 is 16.0 Å². The minimum atomic E-state index is -0.560. The Balaban J connectivity index is 1.67. The van der Waals surface area contributed by atoms with Gasteiger partial charge < -0.3 is 15.5 Å². The maximum Gasteiger partial charge on any atom is 0.255 e. The highest BCUT2D eigenvalue weighted by Gasteiger charge is 2.38. The van der Waals surface area contributed by atoms with Crippen LogP contribution in [0.3, 0.4) is 0 Å². The third-order valence-electron chi connectivity index (χ3n) is 4.87. The van der Waals surface area contributed by atoms with Crippen molar-refractivity contribution in [1.29, 1.82) is 0 Å². The molecule has 0 aromatic heterocycles. The van der Waals surface area contributed by atoms with Crippen LogP contribution in [0.1, 0.15) is 41.3 Å². The number of fused-ring (bicyclic) bond motifs is 1. The summed E-state index contributed by atoms with van der Waals surface area (Å²) in [6.07, 6.45) is 0.663. The SMILES string of the molecule is CN[C@@H](C)CNCc1ccc2c(c1)C(=O)N(C1CCC(=O)NC1=O)C2. The molecule has 1 fully saturated rings. The van der Waals surface area contributed by atoms with E-state index in [1.807, 2.05) is 25.2 Å². The minimum Gasteiger partial charge on any atom is -0.322 e. The molecule has 7 heteroatoms. The first-order valence-corrected chi connectivity index (χ1v) is 8.64. The van der Waals surface area contributed by atoms with Crippen LogP contribution in [0.2, 0.25) is 0 Å². The third-order valence-corrected chi connectivity index (χ3v) is 4.87. The minimum absolute atomic E-state index is 0.130. The molecule has 25 heavy (non-hydrogen) atoms. The van der Waals surface area contributed by atoms with Gasteiger partial charge in [-0.05, 0) is 37.6 Å². The van der Waals surface area contributed by atoms with Crippen molar-refractivity contribution < 1.29 is 14.4 Å². The van der Waals surface area contributed by atoms with E-state index >= 15 is 0 Å². The van der Waals surface area contributed by atoms with Crippen LogP contribution in [0.15, 0.2) is 18.2 Å². The lowest BCUT2D eigenvalue weighted by Crippen LogP contribution is -2.52. The van der Waals surface area contributed by atoms with E-state index in [0.717, 1.165) is 17.7 Å². The number of hydrogen-bond acceptors (Lipinski definition) is 5. The number of amides is 3. The molecule has 134 valence electrons. The van der Waals surface area contributed by atoms with Crippen molar-refractivity contribution >= 4 is 17.7 Å². The van der Waals surface area contributed by atoms with E-state index in [1.165, 1.54) is 0 Å². The number of nitrogens with zero attached hydrogens (tertiary/aromatic N) is 1. The maximum atomic E-state index is 12.7. The Morgan fingerprint density at radius 2 is 2.12 bits per heavy atom. The van der Waals surface area contributed by atoms with Crippen molar-refractivity contribution in [2.75, 3.05) is 13.6 Å². The van der Waals surface area contributed by atoms with E-state index in [9.17, 15) is 14.4 Å². The van der Waals surface area contributed by atoms with Gasteiger partial charge in [-0.2, -0.15) is 0 Å². The molecule has 0 aliphatic carbocycles. The van der Waals surface area contributed by atoms with Crippen molar-refractivity contribution in [3.63, 3.8) is 0 Å². The van der Waals surface area contributed by atoms with E-state index in [2.05, 4.69) is 22.9 Å². The molecular weight excluding hydrogens is 320 g/mol. The highest BCUT2D eigenvalue weighted by molar-refractivity contribution is 6.05. The van der Waals surface area contributed by atoms with Gasteiger partial charge in [-0.3, -0.25) is 19.7 Å². The predicted molar refractivity (Wildman–Crippen MR) is 92.7 cm³/mol. The molecule has 2 heterocycles. The van der Waals surface area contributed by atoms with Crippen LogP contribution in [0.4, 0.5) is 0 Å². The molecule has 2 aliphatic rings. The standard InChI is InChI=1S/C18H24N4O3/c1-11(19-2)8-20-9-12-3-4-13-10-22(18(25)14(13)7-12)15-5-6-16(23)21-17(15)24/h3-4,7,11,15,19-20H,5-6,8-10H2,1-2H3,(H,21,23,24)/t11-,15?/m0/s1. The van der Waals surface area contributed by atoms with Gasteiger partial charge in [0.15, 0.2) is 0 Å². The first-order valence-electron chi connectivity index (χ1n) is 8.64. The summed E-state index contributed by atoms with van der Waals surface area (Å²) in [7, 11) is 1.92. The lowest BCUT2D eigenvalue weighted by Gasteiger charge is -2.29. The zero-order chi connectivity index (χ0) is 18.0. The average molecular weight is 344 g/mol. The van der Waals surface area contributed by atoms with E-state index in [1.54, 1.807) is 4.90 Å². The number of nitrogens with one attached hydrogen (secondary N) is 3. The molecule has 1 aromatic rings. The van der Waals surface area contributed by atoms with Gasteiger partial charge in [-0.25, -0.2) is 0 Å². The van der Waals surface area contributed by atoms with Crippen LogP contribution in [-0.2, 0) is 22.7 Å². The summed E-state index contributed by atoms with van der Waals surface area (Å²) < 4.78 is 0. The summed E-state index contributed by atoms with van der Waals surface area (Å²) in [6, 6.07) is 5.68. The van der Waals surface area contributed by atoms with Crippen LogP contribution >= 0.6 is 0 Å². The Hall–Kier alpha value is -2.25. The normalized spacial score (nSPS) is 21.3. The number of benzene rings is 1. The van der Waals surface area contributed by atoms with Gasteiger partial charge in [0, 0.05) is 37.7 Å². The summed E-state index contributed by atoms with van der Waals surface area (Å²) in [5.74, 6) is -0.773. The summed E-state index contributed by atoms with van der Waals surface area (Å²) in [6.45, 7) is 4.04. The number of rotatable bonds is 6. The van der Waals surface area contributed by atoms with Gasteiger partial charge in [0.2, 0.25) is 11.8 Å². The summed E-state index contributed by atoms with van der Waals surface area (Å²) >= 11 is 0. The van der Waals surface area contributed by atoms with Crippen molar-refractivity contribution in [3.8, 4) is 0 Å². The van der Waals surface area contributed by atoms with Gasteiger partial charge in [0.25, 0.3) is 5.91 Å². The molecule has 1 unspecified atom stereocenters. The van der Waals surface area contributed by atoms with Gasteiger partial charge in [0.05, 0.1) is 0 Å². The fourth-order valence-electron chi connectivity index (χ4n) is 3.25. The molecule has 7 nitrogen and oxygen atoms in total. The lowest BCUT2D eigenvalue weighted by atomic mass is 10.0. The molecule has 0 spiro atoms. The van der Waals surface area contributed by atoms with E-state index in [-0.39, 0.29) is 24.1 Å². The second-order valence-corrected chi connectivity index (χ2v) is 6.71. The van der Waals surface area contributed by atoms with Crippen LogP contribution in [0.5, 0.6) is 0 Å². The first kappa shape index (κ1) is 17.6. The first-order chi connectivity index (χ1) is 12.0. The third kappa shape index (κ3) is 3.72. The average Bonchev–Trinajstić information content (AvgIpc) is 2.91. The molecule has 0 bridgehead atoms. The Bertz CT molecular complexity index is 704.